The maximum absolute atomic E-state index is 3.90. The molecule has 0 heterocycles. The van der Waals surface area contributed by atoms with Gasteiger partial charge in [0.15, 0.2) is 0 Å². The summed E-state index contributed by atoms with van der Waals surface area (Å²) in [5.41, 5.74) is 6.45. The van der Waals surface area contributed by atoms with Gasteiger partial charge in [0.25, 0.3) is 0 Å². The molecule has 0 saturated carbocycles. The van der Waals surface area contributed by atoms with Crippen LogP contribution < -0.4 is 5.32 Å². The Balaban J connectivity index is 0.000000771. The second-order valence-corrected chi connectivity index (χ2v) is 5.23. The molecule has 0 atom stereocenters. The quantitative estimate of drug-likeness (QED) is 0.784. The second kappa shape index (κ2) is 6.79. The molecule has 1 aromatic carbocycles. The summed E-state index contributed by atoms with van der Waals surface area (Å²) in [6.07, 6.45) is 2.17. The van der Waals surface area contributed by atoms with E-state index < -0.39 is 0 Å². The maximum Gasteiger partial charge on any atom is 0.0187 e. The van der Waals surface area contributed by atoms with Crippen LogP contribution in [0.25, 0.3) is 5.57 Å². The Morgan fingerprint density at radius 3 is 2.56 bits per heavy atom. The molecule has 0 spiro atoms. The van der Waals surface area contributed by atoms with E-state index in [-0.39, 0.29) is 0 Å². The molecule has 0 fully saturated rings. The number of benzene rings is 1. The van der Waals surface area contributed by atoms with Crippen molar-refractivity contribution in [1.29, 1.82) is 0 Å². The van der Waals surface area contributed by atoms with Crippen LogP contribution in [0.1, 0.15) is 45.2 Å². The Kier molecular flexibility index (Phi) is 5.67. The van der Waals surface area contributed by atoms with Crippen molar-refractivity contribution in [2.75, 3.05) is 0 Å². The molecule has 2 heteroatoms. The highest BCUT2D eigenvalue weighted by molar-refractivity contribution is 9.10. The van der Waals surface area contributed by atoms with Gasteiger partial charge in [-0.1, -0.05) is 42.4 Å². The predicted molar refractivity (Wildman–Crippen MR) is 84.4 cm³/mol. The Morgan fingerprint density at radius 2 is 1.94 bits per heavy atom. The van der Waals surface area contributed by atoms with Gasteiger partial charge in [-0.3, -0.25) is 0 Å². The predicted octanol–water partition coefficient (Wildman–Crippen LogP) is 5.28. The minimum absolute atomic E-state index is 1.01. The number of rotatable bonds is 2. The smallest absolute Gasteiger partial charge is 0.0187 e. The zero-order chi connectivity index (χ0) is 13.7. The normalized spacial score (nSPS) is 13.4. The molecule has 1 aliphatic carbocycles. The van der Waals surface area contributed by atoms with Gasteiger partial charge in [-0.25, -0.2) is 0 Å². The van der Waals surface area contributed by atoms with E-state index in [0.29, 0.717) is 0 Å². The van der Waals surface area contributed by atoms with Crippen LogP contribution in [-0.4, -0.2) is 0 Å². The van der Waals surface area contributed by atoms with Crippen LogP contribution in [0.4, 0.5) is 0 Å². The molecule has 1 N–H and O–H groups in total. The molecule has 0 amide bonds. The first-order chi connectivity index (χ1) is 8.58. The van der Waals surface area contributed by atoms with Crippen molar-refractivity contribution in [1.82, 2.24) is 5.32 Å². The van der Waals surface area contributed by atoms with Crippen LogP contribution in [0.2, 0.25) is 0 Å². The van der Waals surface area contributed by atoms with Gasteiger partial charge in [0.2, 0.25) is 0 Å². The lowest BCUT2D eigenvalue weighted by atomic mass is 9.89. The fraction of sp³-hybridized carbons (Fsp3) is 0.375. The largest absolute Gasteiger partial charge is 0.363 e. The number of allylic oxidation sites excluding steroid dienone is 3. The summed E-state index contributed by atoms with van der Waals surface area (Å²) in [4.78, 5) is 0. The molecule has 0 aliphatic heterocycles. The van der Waals surface area contributed by atoms with Crippen molar-refractivity contribution in [3.05, 3.63) is 51.8 Å². The van der Waals surface area contributed by atoms with Crippen LogP contribution in [0.15, 0.2) is 40.6 Å². The van der Waals surface area contributed by atoms with E-state index >= 15 is 0 Å². The summed E-state index contributed by atoms with van der Waals surface area (Å²) < 4.78 is 1.16. The Bertz CT molecular complexity index is 472. The van der Waals surface area contributed by atoms with Crippen LogP contribution in [0, 0.1) is 0 Å². The molecule has 98 valence electrons. The minimum Gasteiger partial charge on any atom is -0.363 e. The van der Waals surface area contributed by atoms with Gasteiger partial charge >= 0.3 is 0 Å². The van der Waals surface area contributed by atoms with E-state index in [1.165, 1.54) is 22.4 Å². The van der Waals surface area contributed by atoms with Crippen molar-refractivity contribution in [3.8, 4) is 0 Å². The summed E-state index contributed by atoms with van der Waals surface area (Å²) in [6, 6.07) is 6.51. The monoisotopic (exact) mass is 307 g/mol. The first kappa shape index (κ1) is 15.0. The number of halogens is 1. The average molecular weight is 308 g/mol. The molecule has 0 bridgehead atoms. The number of aryl methyl sites for hydroxylation is 1. The van der Waals surface area contributed by atoms with Gasteiger partial charge in [-0.2, -0.15) is 0 Å². The number of hydrogen-bond acceptors (Lipinski definition) is 1. The van der Waals surface area contributed by atoms with E-state index in [0.717, 1.165) is 23.0 Å². The summed E-state index contributed by atoms with van der Waals surface area (Å²) >= 11 is 3.52. The molecule has 0 unspecified atom stereocenters. The highest BCUT2D eigenvalue weighted by Gasteiger charge is 2.15. The van der Waals surface area contributed by atoms with Gasteiger partial charge in [-0.15, -0.1) is 0 Å². The standard InChI is InChI=1S/C14H16BrN.C2H6/c1-9(2)16-14-7-4-11-8-12(15)5-6-13(11)10(14)3;1-2/h5-6,8,16H,1,4,7H2,2-3H3;1-2H3. The molecule has 0 aromatic heterocycles. The fourth-order valence-corrected chi connectivity index (χ4v) is 2.57. The molecule has 0 radical (unpaired) electrons. The number of fused-ring (bicyclic) bond motifs is 1. The summed E-state index contributed by atoms with van der Waals surface area (Å²) in [7, 11) is 0. The van der Waals surface area contributed by atoms with Crippen LogP contribution in [0.3, 0.4) is 0 Å². The maximum atomic E-state index is 3.90. The van der Waals surface area contributed by atoms with Crippen molar-refractivity contribution >= 4 is 21.5 Å². The third kappa shape index (κ3) is 3.49. The van der Waals surface area contributed by atoms with Crippen molar-refractivity contribution in [2.24, 2.45) is 0 Å². The molecule has 2 rings (SSSR count). The van der Waals surface area contributed by atoms with Crippen molar-refractivity contribution < 1.29 is 0 Å². The van der Waals surface area contributed by atoms with Gasteiger partial charge in [0.1, 0.15) is 0 Å². The topological polar surface area (TPSA) is 12.0 Å². The molecule has 0 saturated heterocycles. The first-order valence-electron chi connectivity index (χ1n) is 6.49. The summed E-state index contributed by atoms with van der Waals surface area (Å²) in [5, 5.41) is 3.36. The third-order valence-corrected chi connectivity index (χ3v) is 3.43. The highest BCUT2D eigenvalue weighted by atomic mass is 79.9. The van der Waals surface area contributed by atoms with E-state index in [9.17, 15) is 0 Å². The Hall–Kier alpha value is -1.02. The van der Waals surface area contributed by atoms with E-state index in [1.807, 2.05) is 20.8 Å². The van der Waals surface area contributed by atoms with Gasteiger partial charge in [0, 0.05) is 15.9 Å². The van der Waals surface area contributed by atoms with Crippen LogP contribution in [0.5, 0.6) is 0 Å². The first-order valence-corrected chi connectivity index (χ1v) is 7.28. The van der Waals surface area contributed by atoms with Crippen molar-refractivity contribution in [3.63, 3.8) is 0 Å². The van der Waals surface area contributed by atoms with E-state index in [4.69, 9.17) is 0 Å². The SMILES string of the molecule is C=C(C)NC1=C(C)c2ccc(Br)cc2CC1.CC. The molecule has 18 heavy (non-hydrogen) atoms. The van der Waals surface area contributed by atoms with E-state index in [1.54, 1.807) is 0 Å². The lowest BCUT2D eigenvalue weighted by Crippen LogP contribution is -2.16. The minimum atomic E-state index is 1.01. The molecule has 1 nitrogen and oxygen atoms in total. The van der Waals surface area contributed by atoms with Crippen molar-refractivity contribution in [2.45, 2.75) is 40.5 Å². The summed E-state index contributed by atoms with van der Waals surface area (Å²) in [5.74, 6) is 0. The second-order valence-electron chi connectivity index (χ2n) is 4.31. The highest BCUT2D eigenvalue weighted by Crippen LogP contribution is 2.31. The summed E-state index contributed by atoms with van der Waals surface area (Å²) in [6.45, 7) is 12.1. The molecule has 1 aliphatic rings. The molecule has 1 aromatic rings. The van der Waals surface area contributed by atoms with E-state index in [2.05, 4.69) is 52.9 Å². The van der Waals surface area contributed by atoms with Gasteiger partial charge in [-0.05, 0) is 55.5 Å². The zero-order valence-electron chi connectivity index (χ0n) is 11.7. The third-order valence-electron chi connectivity index (χ3n) is 2.93. The number of nitrogens with one attached hydrogen (secondary N) is 1. The van der Waals surface area contributed by atoms with Crippen LogP contribution in [-0.2, 0) is 6.42 Å². The molecular formula is C16H22BrN. The Morgan fingerprint density at radius 1 is 1.28 bits per heavy atom. The average Bonchev–Trinajstić information content (AvgIpc) is 2.35. The Labute approximate surface area is 119 Å². The lowest BCUT2D eigenvalue weighted by molar-refractivity contribution is 0.818. The lowest BCUT2D eigenvalue weighted by Gasteiger charge is -2.22. The van der Waals surface area contributed by atoms with Gasteiger partial charge in [0.05, 0.1) is 0 Å². The molecular weight excluding hydrogens is 286 g/mol. The number of hydrogen-bond donors (Lipinski definition) is 1. The zero-order valence-corrected chi connectivity index (χ0v) is 13.3. The van der Waals surface area contributed by atoms with Gasteiger partial charge < -0.3 is 5.32 Å². The fourth-order valence-electron chi connectivity index (χ4n) is 2.16. The van der Waals surface area contributed by atoms with Crippen LogP contribution >= 0.6 is 15.9 Å².